The molecule has 6 nitrogen and oxygen atoms in total. The minimum Gasteiger partial charge on any atom is -0.380 e. The summed E-state index contributed by atoms with van der Waals surface area (Å²) in [6.45, 7) is 2.32. The molecule has 1 heterocycles. The van der Waals surface area contributed by atoms with Gasteiger partial charge < -0.3 is 10.1 Å². The lowest BCUT2D eigenvalue weighted by molar-refractivity contribution is 0.0866. The highest BCUT2D eigenvalue weighted by atomic mass is 16.5. The van der Waals surface area contributed by atoms with Crippen LogP contribution in [0.3, 0.4) is 0 Å². The maximum atomic E-state index is 11.2. The molecule has 0 saturated heterocycles. The van der Waals surface area contributed by atoms with Crippen molar-refractivity contribution in [2.24, 2.45) is 0 Å². The largest absolute Gasteiger partial charge is 0.380 e. The van der Waals surface area contributed by atoms with Crippen LogP contribution < -0.4 is 5.32 Å². The van der Waals surface area contributed by atoms with Crippen molar-refractivity contribution in [3.63, 3.8) is 0 Å². The predicted molar refractivity (Wildman–Crippen MR) is 45.2 cm³/mol. The summed E-state index contributed by atoms with van der Waals surface area (Å²) in [4.78, 5) is 11.2. The van der Waals surface area contributed by atoms with Crippen molar-refractivity contribution < 1.29 is 9.53 Å². The van der Waals surface area contributed by atoms with Crippen molar-refractivity contribution in [3.05, 3.63) is 11.9 Å². The third-order valence-corrected chi connectivity index (χ3v) is 1.60. The lowest BCUT2D eigenvalue weighted by Crippen LogP contribution is -2.31. The van der Waals surface area contributed by atoms with Crippen LogP contribution in [-0.2, 0) is 4.74 Å². The number of ether oxygens (including phenoxy) is 1. The molecule has 1 amide bonds. The maximum absolute atomic E-state index is 11.2. The van der Waals surface area contributed by atoms with E-state index in [0.717, 1.165) is 0 Å². The third-order valence-electron chi connectivity index (χ3n) is 1.60. The lowest BCUT2D eigenvalue weighted by atomic mass is 10.3. The second-order valence-corrected chi connectivity index (χ2v) is 2.61. The number of aromatic amines is 1. The molecule has 1 aromatic heterocycles. The highest BCUT2D eigenvalue weighted by Crippen LogP contribution is 1.89. The van der Waals surface area contributed by atoms with Crippen LogP contribution >= 0.6 is 0 Å². The number of methoxy groups -OCH3 is 1. The van der Waals surface area contributed by atoms with Gasteiger partial charge >= 0.3 is 0 Å². The Hall–Kier alpha value is -1.43. The Morgan fingerprint density at radius 3 is 3.15 bits per heavy atom. The molecule has 0 aliphatic rings. The van der Waals surface area contributed by atoms with Crippen LogP contribution in [0.15, 0.2) is 6.20 Å². The fourth-order valence-corrected chi connectivity index (χ4v) is 0.721. The molecule has 0 saturated carbocycles. The van der Waals surface area contributed by atoms with Gasteiger partial charge in [0, 0.05) is 13.7 Å². The summed E-state index contributed by atoms with van der Waals surface area (Å²) in [5.41, 5.74) is 0.281. The highest BCUT2D eigenvalue weighted by molar-refractivity contribution is 5.91. The van der Waals surface area contributed by atoms with Crippen LogP contribution in [0, 0.1) is 0 Å². The standard InChI is InChI=1S/C7H12N4O2/c1-5(13-2)3-8-7(12)6-4-9-11-10-6/h4-5H,3H2,1-2H3,(H,8,12)(H,9,10,11). The molecule has 6 heteroatoms. The Balaban J connectivity index is 2.35. The number of H-pyrrole nitrogens is 1. The topological polar surface area (TPSA) is 79.9 Å². The van der Waals surface area contributed by atoms with Gasteiger partial charge in [-0.15, -0.1) is 0 Å². The van der Waals surface area contributed by atoms with E-state index in [1.54, 1.807) is 7.11 Å². The molecule has 0 radical (unpaired) electrons. The number of rotatable bonds is 4. The number of carbonyl (C=O) groups is 1. The van der Waals surface area contributed by atoms with E-state index in [1.165, 1.54) is 6.20 Å². The third kappa shape index (κ3) is 2.83. The van der Waals surface area contributed by atoms with E-state index in [9.17, 15) is 4.79 Å². The van der Waals surface area contributed by atoms with Crippen molar-refractivity contribution in [1.82, 2.24) is 20.7 Å². The quantitative estimate of drug-likeness (QED) is 0.665. The molecular formula is C7H12N4O2. The van der Waals surface area contributed by atoms with E-state index >= 15 is 0 Å². The molecule has 1 aromatic rings. The van der Waals surface area contributed by atoms with Crippen molar-refractivity contribution in [3.8, 4) is 0 Å². The van der Waals surface area contributed by atoms with Gasteiger partial charge in [0.05, 0.1) is 12.3 Å². The van der Waals surface area contributed by atoms with Gasteiger partial charge in [-0.25, -0.2) is 0 Å². The zero-order valence-corrected chi connectivity index (χ0v) is 7.57. The molecule has 0 fully saturated rings. The normalized spacial score (nSPS) is 12.5. The van der Waals surface area contributed by atoms with Gasteiger partial charge in [0.1, 0.15) is 0 Å². The zero-order chi connectivity index (χ0) is 9.68. The number of hydrogen-bond acceptors (Lipinski definition) is 4. The summed E-state index contributed by atoms with van der Waals surface area (Å²) in [6.07, 6.45) is 1.36. The van der Waals surface area contributed by atoms with Gasteiger partial charge in [-0.05, 0) is 6.92 Å². The van der Waals surface area contributed by atoms with Gasteiger partial charge in [0.25, 0.3) is 5.91 Å². The molecule has 0 spiro atoms. The number of aromatic nitrogens is 3. The van der Waals surface area contributed by atoms with Gasteiger partial charge in [-0.1, -0.05) is 0 Å². The molecule has 1 rings (SSSR count). The smallest absolute Gasteiger partial charge is 0.273 e. The minimum atomic E-state index is -0.252. The summed E-state index contributed by atoms with van der Waals surface area (Å²) in [6, 6.07) is 0. The number of amides is 1. The fraction of sp³-hybridized carbons (Fsp3) is 0.571. The highest BCUT2D eigenvalue weighted by Gasteiger charge is 2.08. The molecule has 2 N–H and O–H groups in total. The first kappa shape index (κ1) is 9.66. The van der Waals surface area contributed by atoms with E-state index in [-0.39, 0.29) is 17.7 Å². The van der Waals surface area contributed by atoms with Gasteiger partial charge in [0.2, 0.25) is 0 Å². The molecule has 13 heavy (non-hydrogen) atoms. The zero-order valence-electron chi connectivity index (χ0n) is 7.57. The Morgan fingerprint density at radius 1 is 1.85 bits per heavy atom. The molecule has 0 aromatic carbocycles. The van der Waals surface area contributed by atoms with Crippen molar-refractivity contribution in [2.45, 2.75) is 13.0 Å². The Morgan fingerprint density at radius 2 is 2.62 bits per heavy atom. The lowest BCUT2D eigenvalue weighted by Gasteiger charge is -2.08. The minimum absolute atomic E-state index is 0.00384. The predicted octanol–water partition coefficient (Wildman–Crippen LogP) is -0.431. The summed E-state index contributed by atoms with van der Waals surface area (Å²) in [5.74, 6) is -0.252. The first-order chi connectivity index (χ1) is 6.24. The van der Waals surface area contributed by atoms with Gasteiger partial charge in [0.15, 0.2) is 5.69 Å². The summed E-state index contributed by atoms with van der Waals surface area (Å²) in [5, 5.41) is 12.2. The monoisotopic (exact) mass is 184 g/mol. The Labute approximate surface area is 75.7 Å². The van der Waals surface area contributed by atoms with Gasteiger partial charge in [-0.2, -0.15) is 15.4 Å². The van der Waals surface area contributed by atoms with E-state index in [4.69, 9.17) is 4.74 Å². The van der Waals surface area contributed by atoms with Crippen LogP contribution in [0.2, 0.25) is 0 Å². The summed E-state index contributed by atoms with van der Waals surface area (Å²) < 4.78 is 4.96. The number of nitrogens with one attached hydrogen (secondary N) is 2. The molecule has 0 bridgehead atoms. The van der Waals surface area contributed by atoms with Crippen LogP contribution in [0.4, 0.5) is 0 Å². The fourth-order valence-electron chi connectivity index (χ4n) is 0.721. The second-order valence-electron chi connectivity index (χ2n) is 2.61. The van der Waals surface area contributed by atoms with Crippen LogP contribution in [-0.4, -0.2) is 41.1 Å². The average molecular weight is 184 g/mol. The molecule has 1 unspecified atom stereocenters. The van der Waals surface area contributed by atoms with Crippen molar-refractivity contribution in [1.29, 1.82) is 0 Å². The van der Waals surface area contributed by atoms with Crippen LogP contribution in [0.5, 0.6) is 0 Å². The average Bonchev–Trinajstić information content (AvgIpc) is 2.66. The van der Waals surface area contributed by atoms with Crippen LogP contribution in [0.1, 0.15) is 17.4 Å². The summed E-state index contributed by atoms with van der Waals surface area (Å²) >= 11 is 0. The maximum Gasteiger partial charge on any atom is 0.273 e. The van der Waals surface area contributed by atoms with E-state index < -0.39 is 0 Å². The van der Waals surface area contributed by atoms with E-state index in [0.29, 0.717) is 6.54 Å². The number of carbonyl (C=O) groups excluding carboxylic acids is 1. The van der Waals surface area contributed by atoms with Gasteiger partial charge in [-0.3, -0.25) is 4.79 Å². The first-order valence-electron chi connectivity index (χ1n) is 3.90. The van der Waals surface area contributed by atoms with Crippen LogP contribution in [0.25, 0.3) is 0 Å². The number of nitrogens with zero attached hydrogens (tertiary/aromatic N) is 2. The summed E-state index contributed by atoms with van der Waals surface area (Å²) in [7, 11) is 1.59. The van der Waals surface area contributed by atoms with Crippen molar-refractivity contribution >= 4 is 5.91 Å². The first-order valence-corrected chi connectivity index (χ1v) is 3.90. The van der Waals surface area contributed by atoms with Crippen molar-refractivity contribution in [2.75, 3.05) is 13.7 Å². The number of hydrogen-bond donors (Lipinski definition) is 2. The molecular weight excluding hydrogens is 172 g/mol. The van der Waals surface area contributed by atoms with E-state index in [2.05, 4.69) is 20.7 Å². The molecule has 0 aliphatic carbocycles. The molecule has 72 valence electrons. The van der Waals surface area contributed by atoms with E-state index in [1.807, 2.05) is 6.92 Å². The molecule has 0 aliphatic heterocycles. The molecule has 1 atom stereocenters. The SMILES string of the molecule is COC(C)CNC(=O)c1cn[nH]n1. The Bertz CT molecular complexity index is 259. The Kier molecular flexibility index (Phi) is 3.39. The second kappa shape index (κ2) is 4.56.